The second-order valence-corrected chi connectivity index (χ2v) is 4.68. The minimum atomic E-state index is -7.21. The van der Waals surface area contributed by atoms with Gasteiger partial charge in [0.15, 0.2) is 0 Å². The van der Waals surface area contributed by atoms with Crippen LogP contribution in [0.2, 0.25) is 0 Å². The van der Waals surface area contributed by atoms with E-state index in [1.54, 1.807) is 0 Å². The average Bonchev–Trinajstić information content (AvgIpc) is 2.11. The molecule has 0 aromatic carbocycles. The second-order valence-electron chi connectivity index (χ2n) is 4.68. The molecule has 0 aromatic heterocycles. The molecule has 0 heterocycles. The van der Waals surface area contributed by atoms with Crippen molar-refractivity contribution >= 4 is 12.9 Å². The number of nitrogens with zero attached hydrogens (tertiary/aromatic N) is 3. The zero-order valence-electron chi connectivity index (χ0n) is 12.4. The van der Waals surface area contributed by atoms with Crippen LogP contribution >= 0.6 is 0 Å². The SMILES string of the molecule is CN(C)C(N(C)C)=[N+](C)C.F[B-](F)(F)C(F)(F)C(F)(F)F. The molecule has 0 atom stereocenters. The van der Waals surface area contributed by atoms with Gasteiger partial charge in [0.2, 0.25) is 0 Å². The van der Waals surface area contributed by atoms with E-state index in [0.29, 0.717) is 0 Å². The fourth-order valence-electron chi connectivity index (χ4n) is 1.39. The largest absolute Gasteiger partial charge is 0.558 e. The summed E-state index contributed by atoms with van der Waals surface area (Å²) < 4.78 is 89.9. The lowest BCUT2D eigenvalue weighted by Crippen LogP contribution is -2.53. The summed E-state index contributed by atoms with van der Waals surface area (Å²) in [5.74, 6) is -5.37. The molecule has 0 amide bonds. The topological polar surface area (TPSA) is 9.49 Å². The first-order valence-corrected chi connectivity index (χ1v) is 5.49. The van der Waals surface area contributed by atoms with E-state index in [2.05, 4.69) is 14.4 Å². The smallest absolute Gasteiger partial charge is 0.445 e. The van der Waals surface area contributed by atoms with Crippen molar-refractivity contribution in [3.05, 3.63) is 0 Å². The van der Waals surface area contributed by atoms with Crippen LogP contribution in [0, 0.1) is 0 Å². The lowest BCUT2D eigenvalue weighted by atomic mass is 9.80. The molecule has 128 valence electrons. The Morgan fingerprint density at radius 2 is 1.10 bits per heavy atom. The molecule has 0 aliphatic heterocycles. The van der Waals surface area contributed by atoms with Crippen LogP contribution in [0.15, 0.2) is 0 Å². The van der Waals surface area contributed by atoms with Crippen molar-refractivity contribution in [3.63, 3.8) is 0 Å². The second kappa shape index (κ2) is 7.16. The van der Waals surface area contributed by atoms with E-state index >= 15 is 0 Å². The molecule has 0 fully saturated rings. The first-order valence-electron chi connectivity index (χ1n) is 5.49. The van der Waals surface area contributed by atoms with Crippen LogP contribution in [-0.2, 0) is 0 Å². The molecule has 3 nitrogen and oxygen atoms in total. The van der Waals surface area contributed by atoms with Gasteiger partial charge in [-0.1, -0.05) is 0 Å². The third-order valence-corrected chi connectivity index (χ3v) is 1.99. The molecule has 21 heavy (non-hydrogen) atoms. The van der Waals surface area contributed by atoms with Gasteiger partial charge in [-0.25, -0.2) is 8.78 Å². The van der Waals surface area contributed by atoms with E-state index in [1.165, 1.54) is 5.96 Å². The molecular weight excluding hydrogens is 313 g/mol. The van der Waals surface area contributed by atoms with Crippen molar-refractivity contribution in [2.24, 2.45) is 0 Å². The summed E-state index contributed by atoms with van der Waals surface area (Å²) in [4.78, 5) is 4.17. The van der Waals surface area contributed by atoms with Gasteiger partial charge in [-0.2, -0.15) is 13.2 Å². The molecule has 0 radical (unpaired) electrons. The Morgan fingerprint density at radius 1 is 0.810 bits per heavy atom. The summed E-state index contributed by atoms with van der Waals surface area (Å²) in [6.07, 6.45) is -6.55. The molecule has 0 rings (SSSR count). The molecule has 0 aromatic rings. The highest BCUT2D eigenvalue weighted by Gasteiger charge is 2.69. The minimum absolute atomic E-state index is 1.19. The maximum absolute atomic E-state index is 11.2. The highest BCUT2D eigenvalue weighted by molar-refractivity contribution is 6.61. The maximum Gasteiger partial charge on any atom is 0.558 e. The van der Waals surface area contributed by atoms with E-state index < -0.39 is 19.0 Å². The number of guanidine groups is 1. The van der Waals surface area contributed by atoms with Crippen LogP contribution in [-0.4, -0.2) is 81.6 Å². The summed E-state index contributed by atoms with van der Waals surface area (Å²) in [7, 11) is 12.2. The Bertz CT molecular complexity index is 329. The molecule has 0 spiro atoms. The summed E-state index contributed by atoms with van der Waals surface area (Å²) in [6, 6.07) is 0. The zero-order chi connectivity index (χ0) is 17.8. The highest BCUT2D eigenvalue weighted by atomic mass is 19.4. The van der Waals surface area contributed by atoms with Crippen LogP contribution in [0.4, 0.5) is 34.9 Å². The summed E-state index contributed by atoms with van der Waals surface area (Å²) in [6.45, 7) is -7.21. The van der Waals surface area contributed by atoms with E-state index in [-0.39, 0.29) is 0 Å². The monoisotopic (exact) mass is 331 g/mol. The van der Waals surface area contributed by atoms with Gasteiger partial charge in [0.05, 0.1) is 42.3 Å². The molecule has 0 unspecified atom stereocenters. The maximum atomic E-state index is 11.2. The molecule has 0 aliphatic carbocycles. The lowest BCUT2D eigenvalue weighted by molar-refractivity contribution is -0.475. The van der Waals surface area contributed by atoms with Gasteiger partial charge < -0.3 is 12.9 Å². The standard InChI is InChI=1S/C7H18N3.C2BF8/c1-8(2)7(9(3)4)10(5)6;4-1(5,2(6,7)8)3(9,10)11/h1-6H3;/q+1;-1. The van der Waals surface area contributed by atoms with Crippen LogP contribution in [0.25, 0.3) is 0 Å². The van der Waals surface area contributed by atoms with Crippen molar-refractivity contribution in [1.29, 1.82) is 0 Å². The van der Waals surface area contributed by atoms with Gasteiger partial charge >= 0.3 is 24.9 Å². The van der Waals surface area contributed by atoms with Crippen molar-refractivity contribution in [3.8, 4) is 0 Å². The van der Waals surface area contributed by atoms with Gasteiger partial charge in [0.1, 0.15) is 0 Å². The van der Waals surface area contributed by atoms with Gasteiger partial charge in [0, 0.05) is 0 Å². The molecule has 12 heteroatoms. The molecule has 0 saturated heterocycles. The zero-order valence-corrected chi connectivity index (χ0v) is 12.4. The Labute approximate surface area is 117 Å². The highest BCUT2D eigenvalue weighted by Crippen LogP contribution is 2.43. The van der Waals surface area contributed by atoms with Crippen molar-refractivity contribution in [1.82, 2.24) is 9.80 Å². The van der Waals surface area contributed by atoms with Crippen molar-refractivity contribution in [2.45, 2.75) is 12.0 Å². The Hall–Kier alpha value is -1.23. The Balaban J connectivity index is 0. The molecular formula is C9H18BF8N3. The number of hydrogen-bond acceptors (Lipinski definition) is 0. The van der Waals surface area contributed by atoms with E-state index in [9.17, 15) is 34.9 Å². The van der Waals surface area contributed by atoms with E-state index in [1.807, 2.05) is 42.3 Å². The van der Waals surface area contributed by atoms with Crippen LogP contribution in [0.3, 0.4) is 0 Å². The predicted octanol–water partition coefficient (Wildman–Crippen LogP) is 2.31. The van der Waals surface area contributed by atoms with E-state index in [4.69, 9.17) is 0 Å². The number of alkyl halides is 5. The summed E-state index contributed by atoms with van der Waals surface area (Å²) >= 11 is 0. The normalized spacial score (nSPS) is 12.3. The van der Waals surface area contributed by atoms with Crippen LogP contribution < -0.4 is 0 Å². The molecule has 0 aliphatic rings. The van der Waals surface area contributed by atoms with Gasteiger partial charge in [0.25, 0.3) is 0 Å². The third kappa shape index (κ3) is 6.38. The third-order valence-electron chi connectivity index (χ3n) is 1.99. The quantitative estimate of drug-likeness (QED) is 0.240. The average molecular weight is 331 g/mol. The number of rotatable bonds is 1. The van der Waals surface area contributed by atoms with Gasteiger partial charge in [-0.05, 0) is 0 Å². The van der Waals surface area contributed by atoms with E-state index in [0.717, 1.165) is 0 Å². The van der Waals surface area contributed by atoms with Crippen molar-refractivity contribution < 1.29 is 39.5 Å². The molecule has 0 saturated carbocycles. The Morgan fingerprint density at radius 3 is 1.10 bits per heavy atom. The van der Waals surface area contributed by atoms with Gasteiger partial charge in [-0.15, -0.1) is 0 Å². The predicted molar refractivity (Wildman–Crippen MR) is 64.6 cm³/mol. The first-order chi connectivity index (χ1) is 8.96. The first kappa shape index (κ1) is 22.1. The lowest BCUT2D eigenvalue weighted by Gasteiger charge is -2.28. The number of hydrogen-bond donors (Lipinski definition) is 0. The minimum Gasteiger partial charge on any atom is -0.445 e. The fourth-order valence-corrected chi connectivity index (χ4v) is 1.39. The summed E-state index contributed by atoms with van der Waals surface area (Å²) in [5.41, 5.74) is 0. The van der Waals surface area contributed by atoms with Crippen molar-refractivity contribution in [2.75, 3.05) is 42.3 Å². The fraction of sp³-hybridized carbons (Fsp3) is 0.889. The van der Waals surface area contributed by atoms with Crippen LogP contribution in [0.1, 0.15) is 0 Å². The Kier molecular flexibility index (Phi) is 7.53. The van der Waals surface area contributed by atoms with Gasteiger partial charge in [-0.3, -0.25) is 14.4 Å². The molecule has 0 bridgehead atoms. The summed E-state index contributed by atoms with van der Waals surface area (Å²) in [5, 5.41) is 0. The van der Waals surface area contributed by atoms with Crippen LogP contribution in [0.5, 0.6) is 0 Å². The number of halogens is 8. The molecule has 0 N–H and O–H groups in total.